The highest BCUT2D eigenvalue weighted by molar-refractivity contribution is 6.32. The van der Waals surface area contributed by atoms with Crippen LogP contribution in [-0.2, 0) is 4.79 Å². The Morgan fingerprint density at radius 2 is 1.93 bits per heavy atom. The maximum Gasteiger partial charge on any atom is 0.266 e. The number of anilines is 2. The molecule has 1 heterocycles. The van der Waals surface area contributed by atoms with E-state index in [0.717, 1.165) is 28.0 Å². The topological polar surface area (TPSA) is 56.1 Å². The molecule has 0 saturated carbocycles. The van der Waals surface area contributed by atoms with Crippen LogP contribution in [0.1, 0.15) is 43.0 Å². The number of nitriles is 1. The molecule has 1 aliphatic heterocycles. The number of hydrogen-bond donors (Lipinski definition) is 1. The fourth-order valence-corrected chi connectivity index (χ4v) is 3.89. The minimum absolute atomic E-state index is 0.00360. The third-order valence-electron chi connectivity index (χ3n) is 5.85. The van der Waals surface area contributed by atoms with Crippen molar-refractivity contribution >= 4 is 40.5 Å². The molecule has 154 valence electrons. The van der Waals surface area contributed by atoms with Gasteiger partial charge in [0.2, 0.25) is 0 Å². The number of likely N-dealkylation sites (N-methyl/N-ethyl adjacent to an activating group) is 1. The largest absolute Gasteiger partial charge is 0.365 e. The summed E-state index contributed by atoms with van der Waals surface area (Å²) in [6.07, 6.45) is 3.76. The van der Waals surface area contributed by atoms with Crippen molar-refractivity contribution < 1.29 is 4.79 Å². The quantitative estimate of drug-likeness (QED) is 0.480. The maximum atomic E-state index is 12.7. The van der Waals surface area contributed by atoms with Gasteiger partial charge in [-0.25, -0.2) is 0 Å². The number of fused-ring (bicyclic) bond motifs is 1. The monoisotopic (exact) mass is 419 g/mol. The molecule has 0 fully saturated rings. The Labute approximate surface area is 183 Å². The van der Waals surface area contributed by atoms with Crippen LogP contribution in [0.25, 0.3) is 11.6 Å². The van der Waals surface area contributed by atoms with E-state index < -0.39 is 5.91 Å². The molecule has 2 aromatic rings. The number of carbonyl (C=O) groups excluding carboxylic acids is 1. The summed E-state index contributed by atoms with van der Waals surface area (Å²) in [7, 11) is 2.03. The van der Waals surface area contributed by atoms with Gasteiger partial charge in [-0.15, -0.1) is 0 Å². The molecule has 0 spiro atoms. The van der Waals surface area contributed by atoms with Gasteiger partial charge in [0, 0.05) is 29.0 Å². The number of nitrogens with one attached hydrogen (secondary N) is 1. The Hall–Kier alpha value is -3.03. The Balaban J connectivity index is 1.99. The van der Waals surface area contributed by atoms with Gasteiger partial charge in [0.1, 0.15) is 11.6 Å². The lowest BCUT2D eigenvalue weighted by Crippen LogP contribution is -2.42. The van der Waals surface area contributed by atoms with Gasteiger partial charge < -0.3 is 10.2 Å². The van der Waals surface area contributed by atoms with Crippen molar-refractivity contribution in [3.63, 3.8) is 0 Å². The lowest BCUT2D eigenvalue weighted by Gasteiger charge is -2.40. The number of aryl methyl sites for hydroxylation is 1. The molecule has 1 amide bonds. The normalized spacial score (nSPS) is 15.2. The van der Waals surface area contributed by atoms with Crippen LogP contribution >= 0.6 is 11.6 Å². The van der Waals surface area contributed by atoms with E-state index in [1.807, 2.05) is 57.3 Å². The minimum Gasteiger partial charge on any atom is -0.365 e. The first kappa shape index (κ1) is 21.7. The van der Waals surface area contributed by atoms with Gasteiger partial charge in [-0.2, -0.15) is 5.26 Å². The van der Waals surface area contributed by atoms with Crippen molar-refractivity contribution in [2.24, 2.45) is 0 Å². The van der Waals surface area contributed by atoms with E-state index in [1.165, 1.54) is 0 Å². The Kier molecular flexibility index (Phi) is 5.78. The zero-order valence-corrected chi connectivity index (χ0v) is 19.0. The number of nitrogens with zero attached hydrogens (tertiary/aromatic N) is 2. The van der Waals surface area contributed by atoms with Crippen LogP contribution in [0, 0.1) is 25.2 Å². The summed E-state index contributed by atoms with van der Waals surface area (Å²) in [5.41, 5.74) is 6.47. The zero-order valence-electron chi connectivity index (χ0n) is 18.2. The van der Waals surface area contributed by atoms with Crippen LogP contribution in [0.4, 0.5) is 11.4 Å². The van der Waals surface area contributed by atoms with Crippen molar-refractivity contribution in [1.82, 2.24) is 0 Å². The number of halogens is 1. The van der Waals surface area contributed by atoms with Crippen molar-refractivity contribution in [1.29, 1.82) is 5.26 Å². The maximum absolute atomic E-state index is 12.7. The van der Waals surface area contributed by atoms with Crippen LogP contribution in [0.3, 0.4) is 0 Å². The predicted molar refractivity (Wildman–Crippen MR) is 126 cm³/mol. The van der Waals surface area contributed by atoms with Crippen LogP contribution in [0.2, 0.25) is 5.02 Å². The first-order valence-electron chi connectivity index (χ1n) is 9.81. The molecule has 0 radical (unpaired) electrons. The first-order valence-corrected chi connectivity index (χ1v) is 10.2. The van der Waals surface area contributed by atoms with Crippen molar-refractivity contribution in [2.45, 2.75) is 40.2 Å². The highest BCUT2D eigenvalue weighted by atomic mass is 35.5. The van der Waals surface area contributed by atoms with Gasteiger partial charge in [0.15, 0.2) is 0 Å². The fourth-order valence-electron chi connectivity index (χ4n) is 3.68. The lowest BCUT2D eigenvalue weighted by molar-refractivity contribution is -0.112. The summed E-state index contributed by atoms with van der Waals surface area (Å²) in [4.78, 5) is 14.9. The number of allylic oxidation sites excluding steroid dienone is 1. The second-order valence-electron chi connectivity index (χ2n) is 8.30. The molecule has 1 N–H and O–H groups in total. The Morgan fingerprint density at radius 3 is 2.60 bits per heavy atom. The SMILES string of the molecule is CC1=CC(C)(C)N(C)c2cc(Cl)c(/C=C(\C#N)C(=O)Nc3cccc(C)c3C)cc21. The molecule has 5 heteroatoms. The molecule has 0 unspecified atom stereocenters. The highest BCUT2D eigenvalue weighted by Gasteiger charge is 2.29. The molecule has 4 nitrogen and oxygen atoms in total. The zero-order chi connectivity index (χ0) is 22.2. The second kappa shape index (κ2) is 8.01. The smallest absolute Gasteiger partial charge is 0.266 e. The van der Waals surface area contributed by atoms with E-state index in [-0.39, 0.29) is 11.1 Å². The Morgan fingerprint density at radius 1 is 1.23 bits per heavy atom. The summed E-state index contributed by atoms with van der Waals surface area (Å²) >= 11 is 6.55. The van der Waals surface area contributed by atoms with E-state index >= 15 is 0 Å². The van der Waals surface area contributed by atoms with Crippen LogP contribution in [0.15, 0.2) is 42.0 Å². The van der Waals surface area contributed by atoms with Crippen molar-refractivity contribution in [2.75, 3.05) is 17.3 Å². The van der Waals surface area contributed by atoms with Crippen molar-refractivity contribution in [3.8, 4) is 6.07 Å². The summed E-state index contributed by atoms with van der Waals surface area (Å²) in [6.45, 7) is 10.3. The number of benzene rings is 2. The molecule has 1 aliphatic rings. The van der Waals surface area contributed by atoms with Gasteiger partial charge in [-0.1, -0.05) is 29.8 Å². The minimum atomic E-state index is -0.453. The molecule has 30 heavy (non-hydrogen) atoms. The summed E-state index contributed by atoms with van der Waals surface area (Å²) < 4.78 is 0. The second-order valence-corrected chi connectivity index (χ2v) is 8.71. The first-order chi connectivity index (χ1) is 14.0. The number of amides is 1. The van der Waals surface area contributed by atoms with E-state index in [9.17, 15) is 10.1 Å². The molecular weight excluding hydrogens is 394 g/mol. The van der Waals surface area contributed by atoms with E-state index in [1.54, 1.807) is 6.08 Å². The summed E-state index contributed by atoms with van der Waals surface area (Å²) in [5, 5.41) is 12.9. The third-order valence-corrected chi connectivity index (χ3v) is 6.18. The van der Waals surface area contributed by atoms with Crippen LogP contribution in [0.5, 0.6) is 0 Å². The number of hydrogen-bond acceptors (Lipinski definition) is 3. The molecule has 0 aromatic heterocycles. The Bertz CT molecular complexity index is 1140. The van der Waals surface area contributed by atoms with Gasteiger partial charge in [0.05, 0.1) is 5.54 Å². The molecule has 0 bridgehead atoms. The number of rotatable bonds is 3. The van der Waals surface area contributed by atoms with Crippen LogP contribution < -0.4 is 10.2 Å². The molecule has 0 saturated heterocycles. The highest BCUT2D eigenvalue weighted by Crippen LogP contribution is 2.40. The van der Waals surface area contributed by atoms with Gasteiger partial charge in [-0.05, 0) is 81.2 Å². The van der Waals surface area contributed by atoms with E-state index in [0.29, 0.717) is 16.3 Å². The summed E-state index contributed by atoms with van der Waals surface area (Å²) in [5.74, 6) is -0.453. The summed E-state index contributed by atoms with van der Waals surface area (Å²) in [6, 6.07) is 11.5. The molecule has 0 aliphatic carbocycles. The van der Waals surface area contributed by atoms with Crippen LogP contribution in [-0.4, -0.2) is 18.5 Å². The average Bonchev–Trinajstić information content (AvgIpc) is 2.68. The van der Waals surface area contributed by atoms with Gasteiger partial charge >= 0.3 is 0 Å². The van der Waals surface area contributed by atoms with E-state index in [2.05, 4.69) is 37.1 Å². The molecular formula is C25H26ClN3O. The predicted octanol–water partition coefficient (Wildman–Crippen LogP) is 6.13. The average molecular weight is 420 g/mol. The third kappa shape index (κ3) is 3.99. The van der Waals surface area contributed by atoms with Gasteiger partial charge in [-0.3, -0.25) is 4.79 Å². The lowest BCUT2D eigenvalue weighted by atomic mass is 9.88. The molecule has 0 atom stereocenters. The molecule has 3 rings (SSSR count). The van der Waals surface area contributed by atoms with E-state index in [4.69, 9.17) is 11.6 Å². The van der Waals surface area contributed by atoms with Gasteiger partial charge in [0.25, 0.3) is 5.91 Å². The fraction of sp³-hybridized carbons (Fsp3) is 0.280. The number of carbonyl (C=O) groups is 1. The standard InChI is InChI=1S/C25H26ClN3O/c1-15-8-7-9-22(17(15)3)28-24(30)19(14-27)10-18-11-20-16(2)13-25(4,5)29(6)23(20)12-21(18)26/h7-13H,1-6H3,(H,28,30)/b19-10+. The molecule has 2 aromatic carbocycles. The van der Waals surface area contributed by atoms with Crippen molar-refractivity contribution in [3.05, 3.63) is 69.3 Å².